The number of carbonyl (C=O) groups is 1. The van der Waals surface area contributed by atoms with E-state index >= 15 is 0 Å². The van der Waals surface area contributed by atoms with Gasteiger partial charge in [0.05, 0.1) is 5.71 Å². The zero-order chi connectivity index (χ0) is 14.3. The minimum atomic E-state index is -0.0306. The molecule has 1 amide bonds. The maximum Gasteiger partial charge on any atom is 0.240 e. The quantitative estimate of drug-likeness (QED) is 0.617. The highest BCUT2D eigenvalue weighted by Gasteiger charge is 2.04. The zero-order valence-corrected chi connectivity index (χ0v) is 12.4. The minimum Gasteiger partial charge on any atom is -0.273 e. The lowest BCUT2D eigenvalue weighted by Crippen LogP contribution is -2.20. The lowest BCUT2D eigenvalue weighted by atomic mass is 10.1. The highest BCUT2D eigenvalue weighted by molar-refractivity contribution is 5.99. The fourth-order valence-electron chi connectivity index (χ4n) is 1.83. The topological polar surface area (TPSA) is 41.5 Å². The second kappa shape index (κ2) is 7.72. The highest BCUT2D eigenvalue weighted by atomic mass is 16.2. The first-order valence-corrected chi connectivity index (χ1v) is 6.95. The van der Waals surface area contributed by atoms with Gasteiger partial charge in [-0.2, -0.15) is 5.10 Å². The summed E-state index contributed by atoms with van der Waals surface area (Å²) in [6, 6.07) is 8.35. The first kappa shape index (κ1) is 15.4. The lowest BCUT2D eigenvalue weighted by molar-refractivity contribution is -0.121. The van der Waals surface area contributed by atoms with Gasteiger partial charge < -0.3 is 0 Å². The molecule has 0 saturated carbocycles. The molecule has 0 atom stereocenters. The number of carbonyl (C=O) groups excluding carboxylic acids is 1. The number of hydrogen-bond donors (Lipinski definition) is 1. The summed E-state index contributed by atoms with van der Waals surface area (Å²) in [7, 11) is 0. The van der Waals surface area contributed by atoms with Gasteiger partial charge in [0.1, 0.15) is 0 Å². The number of hydrazone groups is 1. The van der Waals surface area contributed by atoms with Gasteiger partial charge in [0.15, 0.2) is 0 Å². The van der Waals surface area contributed by atoms with Crippen molar-refractivity contribution in [1.82, 2.24) is 5.43 Å². The van der Waals surface area contributed by atoms with Crippen LogP contribution < -0.4 is 5.43 Å². The van der Waals surface area contributed by atoms with Gasteiger partial charge >= 0.3 is 0 Å². The van der Waals surface area contributed by atoms with E-state index in [4.69, 9.17) is 0 Å². The Hall–Kier alpha value is -1.64. The second-order valence-corrected chi connectivity index (χ2v) is 5.28. The smallest absolute Gasteiger partial charge is 0.240 e. The number of nitrogens with one attached hydrogen (secondary N) is 1. The van der Waals surface area contributed by atoms with Crippen molar-refractivity contribution in [3.63, 3.8) is 0 Å². The van der Waals surface area contributed by atoms with Crippen molar-refractivity contribution in [2.45, 2.75) is 47.0 Å². The number of rotatable bonds is 6. The molecule has 0 bridgehead atoms. The van der Waals surface area contributed by atoms with Crippen molar-refractivity contribution in [2.75, 3.05) is 0 Å². The molecular weight excluding hydrogens is 236 g/mol. The molecule has 0 aliphatic carbocycles. The summed E-state index contributed by atoms with van der Waals surface area (Å²) in [5, 5.41) is 4.14. The molecule has 3 heteroatoms. The van der Waals surface area contributed by atoms with Crippen molar-refractivity contribution < 1.29 is 4.79 Å². The van der Waals surface area contributed by atoms with E-state index in [1.807, 2.05) is 20.8 Å². The Morgan fingerprint density at radius 1 is 1.26 bits per heavy atom. The van der Waals surface area contributed by atoms with Crippen LogP contribution in [0.25, 0.3) is 0 Å². The number of aryl methyl sites for hydroxylation is 1. The van der Waals surface area contributed by atoms with Crippen LogP contribution in [0.4, 0.5) is 0 Å². The summed E-state index contributed by atoms with van der Waals surface area (Å²) < 4.78 is 0. The summed E-state index contributed by atoms with van der Waals surface area (Å²) in [6.07, 6.45) is 2.76. The van der Waals surface area contributed by atoms with Crippen LogP contribution in [0.1, 0.15) is 51.7 Å². The van der Waals surface area contributed by atoms with E-state index < -0.39 is 0 Å². The summed E-state index contributed by atoms with van der Waals surface area (Å²) in [5.41, 5.74) is 5.82. The Morgan fingerprint density at radius 2 is 1.89 bits per heavy atom. The summed E-state index contributed by atoms with van der Waals surface area (Å²) >= 11 is 0. The van der Waals surface area contributed by atoms with Crippen molar-refractivity contribution in [2.24, 2.45) is 11.0 Å². The molecule has 0 radical (unpaired) electrons. The molecule has 1 aromatic carbocycles. The molecule has 19 heavy (non-hydrogen) atoms. The van der Waals surface area contributed by atoms with Gasteiger partial charge in [-0.15, -0.1) is 0 Å². The van der Waals surface area contributed by atoms with Gasteiger partial charge in [0.2, 0.25) is 5.91 Å². The molecule has 0 heterocycles. The fourth-order valence-corrected chi connectivity index (χ4v) is 1.83. The predicted molar refractivity (Wildman–Crippen MR) is 80.2 cm³/mol. The van der Waals surface area contributed by atoms with E-state index in [1.54, 1.807) is 0 Å². The average Bonchev–Trinajstić information content (AvgIpc) is 2.36. The number of amides is 1. The summed E-state index contributed by atoms with van der Waals surface area (Å²) in [5.74, 6) is 0.320. The molecule has 1 rings (SSSR count). The Kier molecular flexibility index (Phi) is 6.26. The summed E-state index contributed by atoms with van der Waals surface area (Å²) in [6.45, 7) is 8.11. The first-order valence-electron chi connectivity index (χ1n) is 6.95. The van der Waals surface area contributed by atoms with Crippen molar-refractivity contribution in [3.05, 3.63) is 35.4 Å². The van der Waals surface area contributed by atoms with Crippen LogP contribution in [0.3, 0.4) is 0 Å². The molecule has 1 N–H and O–H groups in total. The highest BCUT2D eigenvalue weighted by Crippen LogP contribution is 2.07. The van der Waals surface area contributed by atoms with Crippen LogP contribution >= 0.6 is 0 Å². The second-order valence-electron chi connectivity index (χ2n) is 5.28. The molecular formula is C16H24N2O. The Balaban J connectivity index is 2.61. The van der Waals surface area contributed by atoms with Crippen LogP contribution in [0.2, 0.25) is 0 Å². The van der Waals surface area contributed by atoms with E-state index in [0.717, 1.165) is 24.1 Å². The third kappa shape index (κ3) is 5.69. The van der Waals surface area contributed by atoms with E-state index in [1.165, 1.54) is 5.56 Å². The van der Waals surface area contributed by atoms with Crippen molar-refractivity contribution in [3.8, 4) is 0 Å². The van der Waals surface area contributed by atoms with Crippen LogP contribution in [0, 0.1) is 5.92 Å². The number of benzene rings is 1. The monoisotopic (exact) mass is 260 g/mol. The third-order valence-corrected chi connectivity index (χ3v) is 2.85. The molecule has 0 aliphatic heterocycles. The van der Waals surface area contributed by atoms with Crippen LogP contribution in [-0.4, -0.2) is 11.6 Å². The van der Waals surface area contributed by atoms with E-state index in [9.17, 15) is 4.79 Å². The van der Waals surface area contributed by atoms with Gasteiger partial charge in [-0.05, 0) is 30.4 Å². The molecule has 0 spiro atoms. The van der Waals surface area contributed by atoms with Crippen LogP contribution in [0.15, 0.2) is 29.4 Å². The van der Waals surface area contributed by atoms with Gasteiger partial charge in [0, 0.05) is 6.42 Å². The van der Waals surface area contributed by atoms with Gasteiger partial charge in [-0.3, -0.25) is 4.79 Å². The molecule has 0 fully saturated rings. The molecule has 0 aliphatic rings. The Morgan fingerprint density at radius 3 is 2.42 bits per heavy atom. The SMILES string of the molecule is CCCc1ccc(C(C)=NNC(=O)CC(C)C)cc1. The van der Waals surface area contributed by atoms with E-state index in [2.05, 4.69) is 41.7 Å². The van der Waals surface area contributed by atoms with Crippen LogP contribution in [0.5, 0.6) is 0 Å². The van der Waals surface area contributed by atoms with Gasteiger partial charge in [-0.1, -0.05) is 51.5 Å². The predicted octanol–water partition coefficient (Wildman–Crippen LogP) is 3.53. The third-order valence-electron chi connectivity index (χ3n) is 2.85. The minimum absolute atomic E-state index is 0.0306. The van der Waals surface area contributed by atoms with Crippen LogP contribution in [-0.2, 0) is 11.2 Å². The van der Waals surface area contributed by atoms with Crippen molar-refractivity contribution >= 4 is 11.6 Å². The molecule has 104 valence electrons. The normalized spacial score (nSPS) is 11.7. The maximum absolute atomic E-state index is 11.5. The van der Waals surface area contributed by atoms with E-state index in [0.29, 0.717) is 12.3 Å². The van der Waals surface area contributed by atoms with E-state index in [-0.39, 0.29) is 5.91 Å². The Bertz CT molecular complexity index is 433. The maximum atomic E-state index is 11.5. The molecule has 3 nitrogen and oxygen atoms in total. The lowest BCUT2D eigenvalue weighted by Gasteiger charge is -2.05. The molecule has 0 aromatic heterocycles. The zero-order valence-electron chi connectivity index (χ0n) is 12.4. The largest absolute Gasteiger partial charge is 0.273 e. The molecule has 0 unspecified atom stereocenters. The Labute approximate surface area is 116 Å². The van der Waals surface area contributed by atoms with Crippen molar-refractivity contribution in [1.29, 1.82) is 0 Å². The fraction of sp³-hybridized carbons (Fsp3) is 0.500. The van der Waals surface area contributed by atoms with Gasteiger partial charge in [0.25, 0.3) is 0 Å². The van der Waals surface area contributed by atoms with Gasteiger partial charge in [-0.25, -0.2) is 5.43 Å². The molecule has 1 aromatic rings. The average molecular weight is 260 g/mol. The first-order chi connectivity index (χ1) is 9.02. The summed E-state index contributed by atoms with van der Waals surface area (Å²) in [4.78, 5) is 11.5. The number of hydrogen-bond acceptors (Lipinski definition) is 2. The number of nitrogens with zero attached hydrogens (tertiary/aromatic N) is 1. The molecule has 0 saturated heterocycles. The standard InChI is InChI=1S/C16H24N2O/c1-5-6-14-7-9-15(10-8-14)13(4)17-18-16(19)11-12(2)3/h7-10,12H,5-6,11H2,1-4H3,(H,18,19).